The summed E-state index contributed by atoms with van der Waals surface area (Å²) in [5.74, 6) is -2.47. The number of hydrogen-bond donors (Lipinski definition) is 2. The van der Waals surface area contributed by atoms with E-state index in [1.807, 2.05) is 0 Å². The van der Waals surface area contributed by atoms with Gasteiger partial charge in [0.1, 0.15) is 0 Å². The number of hydrogen-bond acceptors (Lipinski definition) is 10. The summed E-state index contributed by atoms with van der Waals surface area (Å²) >= 11 is 0. The van der Waals surface area contributed by atoms with E-state index in [-0.39, 0.29) is 6.42 Å². The van der Waals surface area contributed by atoms with E-state index >= 15 is 0 Å². The van der Waals surface area contributed by atoms with Crippen LogP contribution in [0.4, 0.5) is 0 Å². The first-order valence-corrected chi connectivity index (χ1v) is 16.5. The van der Waals surface area contributed by atoms with Crippen LogP contribution in [0, 0.1) is 5.41 Å². The van der Waals surface area contributed by atoms with Crippen LogP contribution in [0.1, 0.15) is 84.5 Å². The van der Waals surface area contributed by atoms with Gasteiger partial charge in [-0.05, 0) is 13.3 Å². The van der Waals surface area contributed by atoms with E-state index in [4.69, 9.17) is 48.1 Å². The van der Waals surface area contributed by atoms with E-state index in [9.17, 15) is 9.59 Å². The lowest BCUT2D eigenvalue weighted by Crippen LogP contribution is -2.36. The van der Waals surface area contributed by atoms with Gasteiger partial charge in [-0.1, -0.05) is 71.1 Å². The molecule has 0 aromatic carbocycles. The van der Waals surface area contributed by atoms with Crippen LogP contribution in [0.2, 0.25) is 0 Å². The van der Waals surface area contributed by atoms with Gasteiger partial charge in [0.05, 0.1) is 106 Å². The van der Waals surface area contributed by atoms with Crippen LogP contribution in [-0.4, -0.2) is 128 Å². The molecule has 2 aliphatic heterocycles. The molecule has 0 unspecified atom stereocenters. The summed E-state index contributed by atoms with van der Waals surface area (Å²) in [6.07, 6.45) is 11.8. The van der Waals surface area contributed by atoms with Gasteiger partial charge in [0.15, 0.2) is 5.41 Å². The number of ether oxygens (including phenoxy) is 8. The first kappa shape index (κ1) is 42.6. The molecule has 262 valence electrons. The standard InChI is InChI=1S/C16H30O4.2C8H16O4/c1-3-4-5-6-7-8-9-10-11-12-13-16(2,14(17)18)15(19)20;2*1-2-10-5-6-12-8-7-11-4-3-9-1/h3-13H2,1-2H3,(H,17,18)(H,19,20);2*1-8H2. The molecular formula is C32H62O12. The Hall–Kier alpha value is -1.38. The summed E-state index contributed by atoms with van der Waals surface area (Å²) < 4.78 is 41.7. The van der Waals surface area contributed by atoms with Crippen molar-refractivity contribution in [3.05, 3.63) is 0 Å². The number of aliphatic carboxylic acids is 2. The van der Waals surface area contributed by atoms with Gasteiger partial charge in [-0.2, -0.15) is 0 Å². The molecule has 12 heteroatoms. The van der Waals surface area contributed by atoms with Crippen molar-refractivity contribution in [3.63, 3.8) is 0 Å². The fraction of sp³-hybridized carbons (Fsp3) is 0.938. The molecule has 2 saturated heterocycles. The van der Waals surface area contributed by atoms with Crippen LogP contribution in [0.5, 0.6) is 0 Å². The van der Waals surface area contributed by atoms with Crippen molar-refractivity contribution >= 4 is 11.9 Å². The zero-order valence-corrected chi connectivity index (χ0v) is 27.6. The minimum atomic E-state index is -1.62. The molecule has 44 heavy (non-hydrogen) atoms. The molecular weight excluding hydrogens is 576 g/mol. The van der Waals surface area contributed by atoms with E-state index < -0.39 is 17.4 Å². The molecule has 0 aliphatic carbocycles. The van der Waals surface area contributed by atoms with Gasteiger partial charge in [-0.3, -0.25) is 9.59 Å². The number of carboxylic acid groups (broad SMARTS) is 2. The lowest BCUT2D eigenvalue weighted by Gasteiger charge is -2.19. The Bertz CT molecular complexity index is 510. The van der Waals surface area contributed by atoms with Crippen molar-refractivity contribution in [3.8, 4) is 0 Å². The zero-order chi connectivity index (χ0) is 32.4. The molecule has 12 nitrogen and oxygen atoms in total. The van der Waals surface area contributed by atoms with Gasteiger partial charge < -0.3 is 48.1 Å². The third-order valence-electron chi connectivity index (χ3n) is 6.95. The van der Waals surface area contributed by atoms with Crippen LogP contribution in [-0.2, 0) is 47.5 Å². The molecule has 2 fully saturated rings. The van der Waals surface area contributed by atoms with E-state index in [2.05, 4.69) is 6.92 Å². The van der Waals surface area contributed by atoms with E-state index in [1.54, 1.807) is 0 Å². The highest BCUT2D eigenvalue weighted by Crippen LogP contribution is 2.25. The smallest absolute Gasteiger partial charge is 0.320 e. The second-order valence-electron chi connectivity index (χ2n) is 10.8. The lowest BCUT2D eigenvalue weighted by molar-refractivity contribution is -0.163. The molecule has 0 aromatic rings. The van der Waals surface area contributed by atoms with E-state index in [0.717, 1.165) is 12.8 Å². The molecule has 0 amide bonds. The molecule has 0 atom stereocenters. The van der Waals surface area contributed by atoms with Crippen LogP contribution in [0.15, 0.2) is 0 Å². The first-order valence-electron chi connectivity index (χ1n) is 16.5. The van der Waals surface area contributed by atoms with Crippen molar-refractivity contribution in [1.82, 2.24) is 0 Å². The Morgan fingerprint density at radius 3 is 0.841 bits per heavy atom. The van der Waals surface area contributed by atoms with Crippen LogP contribution >= 0.6 is 0 Å². The number of carboxylic acids is 2. The first-order chi connectivity index (χ1) is 21.4. The van der Waals surface area contributed by atoms with Crippen LogP contribution < -0.4 is 0 Å². The highest BCUT2D eigenvalue weighted by molar-refractivity contribution is 5.97. The van der Waals surface area contributed by atoms with Crippen molar-refractivity contribution in [1.29, 1.82) is 0 Å². The Kier molecular flexibility index (Phi) is 32.0. The second kappa shape index (κ2) is 33.0. The largest absolute Gasteiger partial charge is 0.480 e. The third-order valence-corrected chi connectivity index (χ3v) is 6.95. The van der Waals surface area contributed by atoms with Crippen molar-refractivity contribution < 1.29 is 57.7 Å². The zero-order valence-electron chi connectivity index (χ0n) is 27.6. The Balaban J connectivity index is 0.000000663. The summed E-state index contributed by atoms with van der Waals surface area (Å²) in [6, 6.07) is 0. The average molecular weight is 639 g/mol. The molecule has 0 aromatic heterocycles. The number of carbonyl (C=O) groups is 2. The minimum Gasteiger partial charge on any atom is -0.480 e. The van der Waals surface area contributed by atoms with Gasteiger partial charge in [0, 0.05) is 0 Å². The summed E-state index contributed by atoms with van der Waals surface area (Å²) in [5, 5.41) is 17.9. The van der Waals surface area contributed by atoms with E-state index in [0.29, 0.717) is 112 Å². The van der Waals surface area contributed by atoms with Gasteiger partial charge in [0.2, 0.25) is 0 Å². The van der Waals surface area contributed by atoms with Crippen LogP contribution in [0.3, 0.4) is 0 Å². The highest BCUT2D eigenvalue weighted by Gasteiger charge is 2.40. The quantitative estimate of drug-likeness (QED) is 0.214. The SMILES string of the molecule is C1COCCOCCOCCO1.C1COCCOCCOCCO1.CCCCCCCCCCCCC(C)(C(=O)O)C(=O)O. The predicted octanol–water partition coefficient (Wildman–Crippen LogP) is 4.61. The third kappa shape index (κ3) is 28.1. The van der Waals surface area contributed by atoms with Gasteiger partial charge in [-0.25, -0.2) is 0 Å². The maximum atomic E-state index is 11.0. The lowest BCUT2D eigenvalue weighted by atomic mass is 9.85. The topological polar surface area (TPSA) is 148 Å². The Morgan fingerprint density at radius 1 is 0.432 bits per heavy atom. The summed E-state index contributed by atoms with van der Waals surface area (Å²) in [7, 11) is 0. The van der Waals surface area contributed by atoms with Crippen molar-refractivity contribution in [2.24, 2.45) is 5.41 Å². The van der Waals surface area contributed by atoms with Crippen molar-refractivity contribution in [2.45, 2.75) is 84.5 Å². The van der Waals surface area contributed by atoms with Crippen LogP contribution in [0.25, 0.3) is 0 Å². The highest BCUT2D eigenvalue weighted by atomic mass is 16.6. The fourth-order valence-corrected chi connectivity index (χ4v) is 4.03. The fourth-order valence-electron chi connectivity index (χ4n) is 4.03. The van der Waals surface area contributed by atoms with Gasteiger partial charge in [-0.15, -0.1) is 0 Å². The summed E-state index contributed by atoms with van der Waals surface area (Å²) in [6.45, 7) is 13.8. The summed E-state index contributed by atoms with van der Waals surface area (Å²) in [5.41, 5.74) is -1.62. The Labute approximate surface area is 265 Å². The normalized spacial score (nSPS) is 18.3. The van der Waals surface area contributed by atoms with E-state index in [1.165, 1.54) is 51.9 Å². The van der Waals surface area contributed by atoms with Gasteiger partial charge >= 0.3 is 11.9 Å². The summed E-state index contributed by atoms with van der Waals surface area (Å²) in [4.78, 5) is 21.9. The molecule has 0 saturated carbocycles. The minimum absolute atomic E-state index is 0.216. The molecule has 2 aliphatic rings. The molecule has 0 spiro atoms. The Morgan fingerprint density at radius 2 is 0.636 bits per heavy atom. The predicted molar refractivity (Wildman–Crippen MR) is 166 cm³/mol. The molecule has 2 N–H and O–H groups in total. The van der Waals surface area contributed by atoms with Crippen molar-refractivity contribution in [2.75, 3.05) is 106 Å². The average Bonchev–Trinajstić information content (AvgIpc) is 2.99. The maximum Gasteiger partial charge on any atom is 0.320 e. The number of rotatable bonds is 13. The molecule has 0 bridgehead atoms. The van der Waals surface area contributed by atoms with Gasteiger partial charge in [0.25, 0.3) is 0 Å². The maximum absolute atomic E-state index is 11.0. The molecule has 0 radical (unpaired) electrons. The molecule has 2 heterocycles. The number of unbranched alkanes of at least 4 members (excludes halogenated alkanes) is 9. The molecule has 2 rings (SSSR count). The monoisotopic (exact) mass is 638 g/mol. The second-order valence-corrected chi connectivity index (χ2v) is 10.8.